The van der Waals surface area contributed by atoms with Crippen molar-refractivity contribution < 1.29 is 19.3 Å². The van der Waals surface area contributed by atoms with Crippen LogP contribution in [0.5, 0.6) is 0 Å². The number of carbonyl (C=O) groups is 1. The van der Waals surface area contributed by atoms with E-state index in [2.05, 4.69) is 5.28 Å². The molecular formula is C15H30N4O4. The van der Waals surface area contributed by atoms with Crippen molar-refractivity contribution in [3.8, 4) is 0 Å². The minimum atomic E-state index is -0.531. The average molecular weight is 330 g/mol. The second-order valence-electron chi connectivity index (χ2n) is 7.82. The van der Waals surface area contributed by atoms with Crippen LogP contribution in [0.1, 0.15) is 54.4 Å². The van der Waals surface area contributed by atoms with Crippen molar-refractivity contribution in [2.45, 2.75) is 71.6 Å². The van der Waals surface area contributed by atoms with E-state index in [1.807, 2.05) is 41.5 Å². The van der Waals surface area contributed by atoms with Gasteiger partial charge in [-0.25, -0.2) is 4.79 Å². The molecule has 0 radical (unpaired) electrons. The fourth-order valence-electron chi connectivity index (χ4n) is 1.93. The molecule has 1 fully saturated rings. The lowest BCUT2D eigenvalue weighted by molar-refractivity contribution is -0.720. The smallest absolute Gasteiger partial charge is 0.410 e. The van der Waals surface area contributed by atoms with Crippen LogP contribution in [0.3, 0.4) is 0 Å². The van der Waals surface area contributed by atoms with Crippen LogP contribution >= 0.6 is 0 Å². The lowest BCUT2D eigenvalue weighted by Crippen LogP contribution is -2.45. The van der Waals surface area contributed by atoms with Crippen LogP contribution in [0, 0.1) is 5.21 Å². The quantitative estimate of drug-likeness (QED) is 0.451. The number of likely N-dealkylation sites (tertiary alicyclic amines) is 1. The number of carbonyl (C=O) groups excluding carboxylic acids is 1. The minimum Gasteiger partial charge on any atom is -0.569 e. The third kappa shape index (κ3) is 6.50. The molecule has 1 heterocycles. The summed E-state index contributed by atoms with van der Waals surface area (Å²) >= 11 is 0. The predicted molar refractivity (Wildman–Crippen MR) is 85.5 cm³/mol. The van der Waals surface area contributed by atoms with E-state index >= 15 is 0 Å². The fourth-order valence-corrected chi connectivity index (χ4v) is 1.93. The Morgan fingerprint density at radius 2 is 1.91 bits per heavy atom. The van der Waals surface area contributed by atoms with Gasteiger partial charge in [0.15, 0.2) is 6.10 Å². The second-order valence-corrected chi connectivity index (χ2v) is 7.82. The van der Waals surface area contributed by atoms with Gasteiger partial charge in [0.05, 0.1) is 24.1 Å². The lowest BCUT2D eigenvalue weighted by Gasteiger charge is -2.32. The van der Waals surface area contributed by atoms with E-state index in [0.29, 0.717) is 18.1 Å². The van der Waals surface area contributed by atoms with Gasteiger partial charge in [0.1, 0.15) is 5.60 Å². The van der Waals surface area contributed by atoms with E-state index in [-0.39, 0.29) is 17.7 Å². The van der Waals surface area contributed by atoms with Gasteiger partial charge < -0.3 is 19.7 Å². The molecule has 0 N–H and O–H groups in total. The first-order valence-electron chi connectivity index (χ1n) is 7.96. The van der Waals surface area contributed by atoms with E-state index in [9.17, 15) is 10.0 Å². The summed E-state index contributed by atoms with van der Waals surface area (Å²) in [5.74, 6) is 0. The first-order chi connectivity index (χ1) is 10.4. The predicted octanol–water partition coefficient (Wildman–Crippen LogP) is 2.93. The Hall–Kier alpha value is -1.73. The summed E-state index contributed by atoms with van der Waals surface area (Å²) in [6, 6.07) is 0. The zero-order valence-electron chi connectivity index (χ0n) is 15.3. The maximum absolute atomic E-state index is 12.1. The molecule has 1 aliphatic rings. The van der Waals surface area contributed by atoms with Gasteiger partial charge in [-0.05, 0) is 54.4 Å². The Bertz CT molecular complexity index is 440. The van der Waals surface area contributed by atoms with Gasteiger partial charge in [-0.1, -0.05) is 0 Å². The molecule has 0 aliphatic carbocycles. The summed E-state index contributed by atoms with van der Waals surface area (Å²) in [7, 11) is 1.65. The number of hydrazine groups is 1. The molecule has 0 saturated carbocycles. The average Bonchev–Trinajstić information content (AvgIpc) is 2.41. The monoisotopic (exact) mass is 330 g/mol. The van der Waals surface area contributed by atoms with Crippen LogP contribution in [-0.2, 0) is 9.57 Å². The molecular weight excluding hydrogens is 300 g/mol. The standard InChI is InChI=1S/C15H30N4O4/c1-14(2,3)17(7)19(21)16-23-12-9-8-10-18(11-12)13(20)22-15(4,5)6/h12H,8-11H2,1-7H3/b19-16-. The van der Waals surface area contributed by atoms with Crippen molar-refractivity contribution in [3.05, 3.63) is 5.21 Å². The Labute approximate surface area is 138 Å². The number of hydrogen-bond acceptors (Lipinski definition) is 5. The number of hydrogen-bond donors (Lipinski definition) is 0. The molecule has 1 unspecified atom stereocenters. The number of nitrogens with zero attached hydrogens (tertiary/aromatic N) is 4. The molecule has 0 bridgehead atoms. The van der Waals surface area contributed by atoms with Gasteiger partial charge in [-0.2, -0.15) is 0 Å². The fraction of sp³-hybridized carbons (Fsp3) is 0.933. The molecule has 8 heteroatoms. The molecule has 1 aliphatic heterocycles. The minimum absolute atomic E-state index is 0.305. The van der Waals surface area contributed by atoms with Crippen LogP contribution in [0.15, 0.2) is 5.28 Å². The summed E-state index contributed by atoms with van der Waals surface area (Å²) in [5.41, 5.74) is -0.889. The highest BCUT2D eigenvalue weighted by Crippen LogP contribution is 2.18. The van der Waals surface area contributed by atoms with Crippen molar-refractivity contribution in [2.75, 3.05) is 20.1 Å². The topological polar surface area (TPSA) is 80.4 Å². The van der Waals surface area contributed by atoms with Crippen molar-refractivity contribution >= 4 is 6.09 Å². The summed E-state index contributed by atoms with van der Waals surface area (Å²) in [6.07, 6.45) is 0.862. The van der Waals surface area contributed by atoms with E-state index < -0.39 is 5.60 Å². The summed E-state index contributed by atoms with van der Waals surface area (Å²) in [4.78, 5) is 19.4. The van der Waals surface area contributed by atoms with Gasteiger partial charge in [-0.15, -0.1) is 5.01 Å². The zero-order valence-corrected chi connectivity index (χ0v) is 15.3. The van der Waals surface area contributed by atoms with Crippen LogP contribution in [0.25, 0.3) is 0 Å². The molecule has 1 amide bonds. The maximum atomic E-state index is 12.1. The van der Waals surface area contributed by atoms with Gasteiger partial charge in [0, 0.05) is 6.54 Å². The van der Waals surface area contributed by atoms with Crippen molar-refractivity contribution in [3.63, 3.8) is 0 Å². The van der Waals surface area contributed by atoms with E-state index in [1.54, 1.807) is 11.9 Å². The highest BCUT2D eigenvalue weighted by Gasteiger charge is 2.30. The number of ether oxygens (including phenoxy) is 1. The number of rotatable bonds is 3. The molecule has 0 spiro atoms. The number of amides is 1. The highest BCUT2D eigenvalue weighted by molar-refractivity contribution is 5.68. The molecule has 8 nitrogen and oxygen atoms in total. The summed E-state index contributed by atoms with van der Waals surface area (Å²) < 4.78 is 5.35. The van der Waals surface area contributed by atoms with E-state index in [0.717, 1.165) is 12.8 Å². The third-order valence-corrected chi connectivity index (χ3v) is 3.52. The van der Waals surface area contributed by atoms with E-state index in [1.165, 1.54) is 5.01 Å². The van der Waals surface area contributed by atoms with Crippen LogP contribution in [0.4, 0.5) is 4.79 Å². The molecule has 0 aromatic rings. The number of piperidine rings is 1. The molecule has 1 rings (SSSR count). The Morgan fingerprint density at radius 3 is 2.43 bits per heavy atom. The van der Waals surface area contributed by atoms with Crippen LogP contribution in [0.2, 0.25) is 0 Å². The van der Waals surface area contributed by atoms with Gasteiger partial charge in [-0.3, -0.25) is 0 Å². The SMILES string of the molecule is CN(/[N+]([O-])=N/OC1CCCN(C(=O)OC(C)(C)C)C1)C(C)(C)C. The van der Waals surface area contributed by atoms with Gasteiger partial charge >= 0.3 is 6.09 Å². The Kier molecular flexibility index (Phi) is 6.07. The molecule has 23 heavy (non-hydrogen) atoms. The molecule has 1 atom stereocenters. The summed E-state index contributed by atoms with van der Waals surface area (Å²) in [5, 5.41) is 16.9. The van der Waals surface area contributed by atoms with Crippen LogP contribution in [-0.4, -0.2) is 58.4 Å². The largest absolute Gasteiger partial charge is 0.569 e. The maximum Gasteiger partial charge on any atom is 0.410 e. The zero-order chi connectivity index (χ0) is 17.8. The molecule has 1 saturated heterocycles. The second kappa shape index (κ2) is 7.23. The third-order valence-electron chi connectivity index (χ3n) is 3.52. The molecule has 0 aromatic carbocycles. The lowest BCUT2D eigenvalue weighted by atomic mass is 10.1. The van der Waals surface area contributed by atoms with Crippen LogP contribution < -0.4 is 0 Å². The van der Waals surface area contributed by atoms with Gasteiger partial charge in [0.2, 0.25) is 5.28 Å². The van der Waals surface area contributed by atoms with Crippen molar-refractivity contribution in [1.82, 2.24) is 9.91 Å². The molecule has 0 aromatic heterocycles. The van der Waals surface area contributed by atoms with Crippen molar-refractivity contribution in [2.24, 2.45) is 5.28 Å². The highest BCUT2D eigenvalue weighted by atomic mass is 16.7. The normalized spacial score (nSPS) is 20.2. The first-order valence-corrected chi connectivity index (χ1v) is 7.96. The van der Waals surface area contributed by atoms with E-state index in [4.69, 9.17) is 9.57 Å². The molecule has 134 valence electrons. The Balaban J connectivity index is 2.58. The first kappa shape index (κ1) is 19.3. The van der Waals surface area contributed by atoms with Gasteiger partial charge in [0.25, 0.3) is 0 Å². The Morgan fingerprint density at radius 1 is 1.30 bits per heavy atom. The summed E-state index contributed by atoms with van der Waals surface area (Å²) in [6.45, 7) is 12.2. The van der Waals surface area contributed by atoms with Crippen molar-refractivity contribution in [1.29, 1.82) is 0 Å².